The Morgan fingerprint density at radius 2 is 2.31 bits per heavy atom. The zero-order valence-corrected chi connectivity index (χ0v) is 10.2. The van der Waals surface area contributed by atoms with E-state index in [-0.39, 0.29) is 0 Å². The van der Waals surface area contributed by atoms with E-state index in [2.05, 4.69) is 31.0 Å². The maximum atomic E-state index is 10.5. The molecule has 2 rings (SSSR count). The third-order valence-electron chi connectivity index (χ3n) is 3.95. The van der Waals surface area contributed by atoms with Crippen molar-refractivity contribution in [1.29, 1.82) is 0 Å². The second-order valence-electron chi connectivity index (χ2n) is 5.08. The average molecular weight is 219 g/mol. The van der Waals surface area contributed by atoms with E-state index in [4.69, 9.17) is 0 Å². The Morgan fingerprint density at radius 3 is 2.81 bits per heavy atom. The van der Waals surface area contributed by atoms with E-state index < -0.39 is 5.60 Å². The van der Waals surface area contributed by atoms with E-state index in [1.807, 2.05) is 6.20 Å². The van der Waals surface area contributed by atoms with Gasteiger partial charge in [0.1, 0.15) is 0 Å². The highest BCUT2D eigenvalue weighted by molar-refractivity contribution is 5.16. The molecule has 88 valence electrons. The summed E-state index contributed by atoms with van der Waals surface area (Å²) in [6.07, 6.45) is 6.87. The summed E-state index contributed by atoms with van der Waals surface area (Å²) in [5.41, 5.74) is 1.77. The molecule has 1 saturated carbocycles. The van der Waals surface area contributed by atoms with Gasteiger partial charge in [0, 0.05) is 18.3 Å². The van der Waals surface area contributed by atoms with E-state index in [1.165, 1.54) is 5.56 Å². The SMILES string of the molecule is CCc1ccc(CC2(O)CCCC2C)nc1. The van der Waals surface area contributed by atoms with Crippen molar-refractivity contribution in [3.63, 3.8) is 0 Å². The summed E-state index contributed by atoms with van der Waals surface area (Å²) in [6, 6.07) is 4.17. The van der Waals surface area contributed by atoms with Gasteiger partial charge in [-0.3, -0.25) is 4.98 Å². The number of hydrogen-bond acceptors (Lipinski definition) is 2. The minimum atomic E-state index is -0.513. The number of nitrogens with zero attached hydrogens (tertiary/aromatic N) is 1. The summed E-state index contributed by atoms with van der Waals surface area (Å²) in [4.78, 5) is 4.43. The van der Waals surface area contributed by atoms with Crippen molar-refractivity contribution in [2.45, 2.75) is 51.6 Å². The first-order valence-corrected chi connectivity index (χ1v) is 6.30. The Balaban J connectivity index is 2.08. The van der Waals surface area contributed by atoms with Crippen molar-refractivity contribution in [3.8, 4) is 0 Å². The van der Waals surface area contributed by atoms with Gasteiger partial charge in [-0.15, -0.1) is 0 Å². The summed E-state index contributed by atoms with van der Waals surface area (Å²) in [5.74, 6) is 0.403. The van der Waals surface area contributed by atoms with Gasteiger partial charge < -0.3 is 5.11 Å². The number of aromatic nitrogens is 1. The van der Waals surface area contributed by atoms with Crippen LogP contribution in [0.4, 0.5) is 0 Å². The molecule has 1 aliphatic rings. The fourth-order valence-corrected chi connectivity index (χ4v) is 2.57. The molecule has 0 amide bonds. The van der Waals surface area contributed by atoms with Crippen molar-refractivity contribution in [2.24, 2.45) is 5.92 Å². The summed E-state index contributed by atoms with van der Waals surface area (Å²) >= 11 is 0. The van der Waals surface area contributed by atoms with Crippen molar-refractivity contribution < 1.29 is 5.11 Å². The van der Waals surface area contributed by atoms with Gasteiger partial charge in [-0.05, 0) is 36.8 Å². The highest BCUT2D eigenvalue weighted by Gasteiger charge is 2.38. The Labute approximate surface area is 97.7 Å². The smallest absolute Gasteiger partial charge is 0.0728 e. The van der Waals surface area contributed by atoms with Gasteiger partial charge in [-0.2, -0.15) is 0 Å². The lowest BCUT2D eigenvalue weighted by molar-refractivity contribution is 0.00873. The van der Waals surface area contributed by atoms with E-state index >= 15 is 0 Å². The zero-order chi connectivity index (χ0) is 11.6. The molecule has 0 aliphatic heterocycles. The molecule has 1 fully saturated rings. The molecule has 1 aromatic rings. The Hall–Kier alpha value is -0.890. The molecule has 1 aromatic heterocycles. The number of hydrogen-bond donors (Lipinski definition) is 1. The second-order valence-corrected chi connectivity index (χ2v) is 5.08. The van der Waals surface area contributed by atoms with Crippen LogP contribution in [0.5, 0.6) is 0 Å². The van der Waals surface area contributed by atoms with Gasteiger partial charge >= 0.3 is 0 Å². The first-order valence-electron chi connectivity index (χ1n) is 6.30. The molecule has 1 aliphatic carbocycles. The van der Waals surface area contributed by atoms with Crippen LogP contribution in [-0.2, 0) is 12.8 Å². The average Bonchev–Trinajstić information content (AvgIpc) is 2.60. The molecule has 0 aromatic carbocycles. The lowest BCUT2D eigenvalue weighted by atomic mass is 9.87. The minimum Gasteiger partial charge on any atom is -0.389 e. The maximum absolute atomic E-state index is 10.5. The van der Waals surface area contributed by atoms with Crippen LogP contribution >= 0.6 is 0 Å². The van der Waals surface area contributed by atoms with Crippen LogP contribution < -0.4 is 0 Å². The monoisotopic (exact) mass is 219 g/mol. The molecule has 1 N–H and O–H groups in total. The van der Waals surface area contributed by atoms with Crippen molar-refractivity contribution >= 4 is 0 Å². The molecule has 0 spiro atoms. The third-order valence-corrected chi connectivity index (χ3v) is 3.95. The predicted octanol–water partition coefficient (Wildman–Crippen LogP) is 2.74. The molecule has 0 saturated heterocycles. The van der Waals surface area contributed by atoms with Gasteiger partial charge in [0.2, 0.25) is 0 Å². The number of pyridine rings is 1. The topological polar surface area (TPSA) is 33.1 Å². The largest absolute Gasteiger partial charge is 0.389 e. The Kier molecular flexibility index (Phi) is 3.29. The molecular formula is C14H21NO. The zero-order valence-electron chi connectivity index (χ0n) is 10.2. The van der Waals surface area contributed by atoms with Crippen molar-refractivity contribution in [2.75, 3.05) is 0 Å². The lowest BCUT2D eigenvalue weighted by Crippen LogP contribution is -2.34. The standard InChI is InChI=1S/C14H21NO/c1-3-12-6-7-13(15-10-12)9-14(16)8-4-5-11(14)2/h6-7,10-11,16H,3-5,8-9H2,1-2H3. The number of rotatable bonds is 3. The Bertz CT molecular complexity index is 346. The molecule has 0 radical (unpaired) electrons. The molecule has 2 atom stereocenters. The lowest BCUT2D eigenvalue weighted by Gasteiger charge is -2.27. The summed E-state index contributed by atoms with van der Waals surface area (Å²) in [6.45, 7) is 4.27. The first kappa shape index (κ1) is 11.6. The fraction of sp³-hybridized carbons (Fsp3) is 0.643. The van der Waals surface area contributed by atoms with Crippen LogP contribution in [0.15, 0.2) is 18.3 Å². The Morgan fingerprint density at radius 1 is 1.50 bits per heavy atom. The molecule has 2 nitrogen and oxygen atoms in total. The first-order chi connectivity index (χ1) is 7.64. The van der Waals surface area contributed by atoms with E-state index in [0.29, 0.717) is 12.3 Å². The van der Waals surface area contributed by atoms with Crippen LogP contribution in [0.1, 0.15) is 44.4 Å². The summed E-state index contributed by atoms with van der Waals surface area (Å²) in [7, 11) is 0. The predicted molar refractivity (Wildman–Crippen MR) is 65.3 cm³/mol. The van der Waals surface area contributed by atoms with Crippen LogP contribution in [0.3, 0.4) is 0 Å². The quantitative estimate of drug-likeness (QED) is 0.848. The molecular weight excluding hydrogens is 198 g/mol. The molecule has 2 unspecified atom stereocenters. The van der Waals surface area contributed by atoms with Crippen molar-refractivity contribution in [1.82, 2.24) is 4.98 Å². The summed E-state index contributed by atoms with van der Waals surface area (Å²) < 4.78 is 0. The normalized spacial score (nSPS) is 29.6. The van der Waals surface area contributed by atoms with Crippen LogP contribution in [0.25, 0.3) is 0 Å². The van der Waals surface area contributed by atoms with Gasteiger partial charge in [-0.1, -0.05) is 26.3 Å². The van der Waals surface area contributed by atoms with Crippen molar-refractivity contribution in [3.05, 3.63) is 29.6 Å². The molecule has 16 heavy (non-hydrogen) atoms. The second kappa shape index (κ2) is 4.54. The number of aryl methyl sites for hydroxylation is 1. The molecule has 0 bridgehead atoms. The van der Waals surface area contributed by atoms with E-state index in [9.17, 15) is 5.11 Å². The van der Waals surface area contributed by atoms with E-state index in [0.717, 1.165) is 31.4 Å². The minimum absolute atomic E-state index is 0.403. The van der Waals surface area contributed by atoms with Crippen LogP contribution in [0, 0.1) is 5.92 Å². The number of aliphatic hydroxyl groups is 1. The van der Waals surface area contributed by atoms with Crippen LogP contribution in [-0.4, -0.2) is 15.7 Å². The third kappa shape index (κ3) is 2.27. The van der Waals surface area contributed by atoms with Gasteiger partial charge in [-0.25, -0.2) is 0 Å². The summed E-state index contributed by atoms with van der Waals surface area (Å²) in [5, 5.41) is 10.5. The highest BCUT2D eigenvalue weighted by Crippen LogP contribution is 2.37. The van der Waals surface area contributed by atoms with Crippen LogP contribution in [0.2, 0.25) is 0 Å². The highest BCUT2D eigenvalue weighted by atomic mass is 16.3. The van der Waals surface area contributed by atoms with Gasteiger partial charge in [0.05, 0.1) is 5.60 Å². The molecule has 2 heteroatoms. The van der Waals surface area contributed by atoms with Gasteiger partial charge in [0.25, 0.3) is 0 Å². The maximum Gasteiger partial charge on any atom is 0.0728 e. The van der Waals surface area contributed by atoms with E-state index in [1.54, 1.807) is 0 Å². The molecule has 1 heterocycles. The van der Waals surface area contributed by atoms with Gasteiger partial charge in [0.15, 0.2) is 0 Å². The fourth-order valence-electron chi connectivity index (χ4n) is 2.57.